The number of hydrogen-bond donors (Lipinski definition) is 1. The summed E-state index contributed by atoms with van der Waals surface area (Å²) in [6, 6.07) is 10.2. The van der Waals surface area contributed by atoms with Gasteiger partial charge in [0.05, 0.1) is 12.7 Å². The third-order valence-corrected chi connectivity index (χ3v) is 7.98. The Balaban J connectivity index is 2.18. The Bertz CT molecular complexity index is 1040. The van der Waals surface area contributed by atoms with E-state index in [0.717, 1.165) is 16.7 Å². The van der Waals surface area contributed by atoms with E-state index in [4.69, 9.17) is 4.74 Å². The summed E-state index contributed by atoms with van der Waals surface area (Å²) in [6.07, 6.45) is 0.621. The van der Waals surface area contributed by atoms with Gasteiger partial charge in [-0.1, -0.05) is 31.2 Å². The number of Topliss-reactive ketones (excluding diaryl/α,β-unsaturated/α-hetero) is 1. The minimum absolute atomic E-state index is 0.143. The quantitative estimate of drug-likeness (QED) is 0.675. The molecule has 1 heterocycles. The van der Waals surface area contributed by atoms with E-state index in [2.05, 4.69) is 0 Å². The lowest BCUT2D eigenvalue weighted by atomic mass is 9.85. The molecule has 6 heteroatoms. The summed E-state index contributed by atoms with van der Waals surface area (Å²) in [5.74, 6) is -0.753. The number of halogens is 1. The molecular formula is C24H27FO4S. The highest BCUT2D eigenvalue weighted by Crippen LogP contribution is 2.46. The first-order valence-corrected chi connectivity index (χ1v) is 11.0. The van der Waals surface area contributed by atoms with E-state index < -0.39 is 26.5 Å². The highest BCUT2D eigenvalue weighted by Gasteiger charge is 2.57. The van der Waals surface area contributed by atoms with Crippen LogP contribution < -0.4 is 4.74 Å². The molecule has 3 rings (SSSR count). The van der Waals surface area contributed by atoms with Gasteiger partial charge in [0.15, 0.2) is 26.8 Å². The second-order valence-corrected chi connectivity index (χ2v) is 11.0. The van der Waals surface area contributed by atoms with E-state index in [1.54, 1.807) is 45.9 Å². The zero-order valence-corrected chi connectivity index (χ0v) is 18.9. The number of aryl methyl sites for hydroxylation is 1. The van der Waals surface area contributed by atoms with Gasteiger partial charge >= 0.3 is 0 Å². The Morgan fingerprint density at radius 2 is 1.67 bits per heavy atom. The van der Waals surface area contributed by atoms with E-state index >= 15 is 0 Å². The molecule has 0 aromatic heterocycles. The first-order valence-electron chi connectivity index (χ1n) is 9.84. The van der Waals surface area contributed by atoms with Crippen LogP contribution in [0.2, 0.25) is 0 Å². The molecule has 0 fully saturated rings. The van der Waals surface area contributed by atoms with E-state index in [0.29, 0.717) is 12.0 Å². The molecule has 1 atom stereocenters. The molecule has 0 radical (unpaired) electrons. The predicted octanol–water partition coefficient (Wildman–Crippen LogP) is 5.22. The number of carbonyl (C=O) groups excluding carboxylic acids is 1. The Labute approximate surface area is 180 Å². The first-order chi connectivity index (χ1) is 14.0. The van der Waals surface area contributed by atoms with Crippen LogP contribution >= 0.6 is 0 Å². The summed E-state index contributed by atoms with van der Waals surface area (Å²) in [6.45, 7) is 8.66. The highest BCUT2D eigenvalue weighted by atomic mass is 32.2. The van der Waals surface area contributed by atoms with E-state index in [1.807, 2.05) is 19.1 Å². The van der Waals surface area contributed by atoms with Crippen LogP contribution in [0.25, 0.3) is 16.7 Å². The zero-order chi connectivity index (χ0) is 22.4. The largest absolute Gasteiger partial charge is 0.615 e. The number of rotatable bonds is 4. The molecule has 0 saturated heterocycles. The Morgan fingerprint density at radius 1 is 1.07 bits per heavy atom. The van der Waals surface area contributed by atoms with Crippen molar-refractivity contribution in [2.75, 3.05) is 7.11 Å². The van der Waals surface area contributed by atoms with Gasteiger partial charge in [-0.2, -0.15) is 0 Å². The molecular weight excluding hydrogens is 403 g/mol. The molecule has 0 amide bonds. The van der Waals surface area contributed by atoms with Crippen molar-refractivity contribution in [1.29, 1.82) is 0 Å². The number of aliphatic hydroxyl groups is 1. The molecule has 4 nitrogen and oxygen atoms in total. The molecule has 30 heavy (non-hydrogen) atoms. The summed E-state index contributed by atoms with van der Waals surface area (Å²) >= 11 is -1.57. The lowest BCUT2D eigenvalue weighted by Crippen LogP contribution is -2.55. The van der Waals surface area contributed by atoms with Gasteiger partial charge in [-0.25, -0.2) is 4.39 Å². The second-order valence-electron chi connectivity index (χ2n) is 8.42. The van der Waals surface area contributed by atoms with Crippen molar-refractivity contribution < 1.29 is 23.6 Å². The number of ketones is 1. The van der Waals surface area contributed by atoms with Crippen LogP contribution in [0, 0.1) is 5.82 Å². The van der Waals surface area contributed by atoms with Crippen LogP contribution in [0.5, 0.6) is 5.75 Å². The minimum atomic E-state index is -1.57. The third kappa shape index (κ3) is 3.42. The van der Waals surface area contributed by atoms with Gasteiger partial charge < -0.3 is 14.4 Å². The fourth-order valence-corrected chi connectivity index (χ4v) is 5.74. The smallest absolute Gasteiger partial charge is 0.221 e. The van der Waals surface area contributed by atoms with Crippen LogP contribution in [-0.4, -0.2) is 32.0 Å². The van der Waals surface area contributed by atoms with Gasteiger partial charge in [-0.3, -0.25) is 4.79 Å². The number of benzene rings is 2. The average Bonchev–Trinajstić information content (AvgIpc) is 2.72. The van der Waals surface area contributed by atoms with Crippen molar-refractivity contribution in [1.82, 2.24) is 0 Å². The number of hydrogen-bond acceptors (Lipinski definition) is 4. The van der Waals surface area contributed by atoms with Crippen LogP contribution in [0.1, 0.15) is 45.7 Å². The second kappa shape index (κ2) is 7.75. The maximum absolute atomic E-state index is 13.8. The van der Waals surface area contributed by atoms with E-state index in [9.17, 15) is 18.8 Å². The van der Waals surface area contributed by atoms with E-state index in [1.165, 1.54) is 13.2 Å². The van der Waals surface area contributed by atoms with Gasteiger partial charge in [0, 0.05) is 0 Å². The standard InChI is InChI=1S/C24H27FO4S/c1-7-14-12-15(16-9-11-18(25)19(13-16)29-6)8-10-17(14)20-21(26)23(2,3)30(28)24(4,5)22(20)27/h8-13,26H,7H2,1-6H3. The molecule has 0 spiro atoms. The molecule has 2 aromatic carbocycles. The Hall–Kier alpha value is -2.31. The van der Waals surface area contributed by atoms with Crippen LogP contribution in [0.15, 0.2) is 42.2 Å². The SMILES string of the molecule is CCc1cc(-c2ccc(F)c(OC)c2)ccc1C1=C(O)C(C)(C)[S+]([O-])C(C)(C)C1=O. The lowest BCUT2D eigenvalue weighted by Gasteiger charge is -2.42. The Kier molecular flexibility index (Phi) is 5.78. The zero-order valence-electron chi connectivity index (χ0n) is 18.1. The number of ether oxygens (including phenoxy) is 1. The maximum Gasteiger partial charge on any atom is 0.221 e. The van der Waals surface area contributed by atoms with Crippen molar-refractivity contribution in [3.8, 4) is 16.9 Å². The summed E-state index contributed by atoms with van der Waals surface area (Å²) in [5.41, 5.74) is 3.36. The number of carbonyl (C=O) groups is 1. The fraction of sp³-hybridized carbons (Fsp3) is 0.375. The monoisotopic (exact) mass is 430 g/mol. The number of methoxy groups -OCH3 is 1. The van der Waals surface area contributed by atoms with E-state index in [-0.39, 0.29) is 22.9 Å². The van der Waals surface area contributed by atoms with Gasteiger partial charge in [0.2, 0.25) is 5.78 Å². The highest BCUT2D eigenvalue weighted by molar-refractivity contribution is 7.95. The fourth-order valence-electron chi connectivity index (χ4n) is 3.92. The lowest BCUT2D eigenvalue weighted by molar-refractivity contribution is -0.115. The maximum atomic E-state index is 13.8. The van der Waals surface area contributed by atoms with Gasteiger partial charge in [0.25, 0.3) is 0 Å². The average molecular weight is 431 g/mol. The van der Waals surface area contributed by atoms with Gasteiger partial charge in [-0.15, -0.1) is 0 Å². The summed E-state index contributed by atoms with van der Waals surface area (Å²) < 4.78 is 29.6. The van der Waals surface area contributed by atoms with Crippen LogP contribution in [-0.2, 0) is 22.4 Å². The molecule has 160 valence electrons. The van der Waals surface area contributed by atoms with Crippen molar-refractivity contribution in [3.63, 3.8) is 0 Å². The molecule has 1 unspecified atom stereocenters. The van der Waals surface area contributed by atoms with Gasteiger partial charge in [-0.05, 0) is 79.7 Å². The predicted molar refractivity (Wildman–Crippen MR) is 119 cm³/mol. The molecule has 0 aliphatic carbocycles. The molecule has 1 N–H and O–H groups in total. The normalized spacial score (nSPS) is 20.4. The van der Waals surface area contributed by atoms with Crippen molar-refractivity contribution >= 4 is 22.5 Å². The molecule has 2 aromatic rings. The van der Waals surface area contributed by atoms with Crippen LogP contribution in [0.4, 0.5) is 4.39 Å². The van der Waals surface area contributed by atoms with Gasteiger partial charge in [0.1, 0.15) is 0 Å². The molecule has 0 bridgehead atoms. The molecule has 1 aliphatic heterocycles. The van der Waals surface area contributed by atoms with Crippen molar-refractivity contribution in [3.05, 3.63) is 59.1 Å². The first kappa shape index (κ1) is 22.4. The third-order valence-electron chi connectivity index (χ3n) is 5.75. The number of aliphatic hydroxyl groups excluding tert-OH is 1. The summed E-state index contributed by atoms with van der Waals surface area (Å²) in [5, 5.41) is 10.9. The van der Waals surface area contributed by atoms with Crippen molar-refractivity contribution in [2.45, 2.75) is 50.5 Å². The summed E-state index contributed by atoms with van der Waals surface area (Å²) in [7, 11) is 1.42. The molecule has 1 aliphatic rings. The number of allylic oxidation sites excluding steroid dienone is 1. The van der Waals surface area contributed by atoms with Crippen LogP contribution in [0.3, 0.4) is 0 Å². The van der Waals surface area contributed by atoms with Crippen molar-refractivity contribution in [2.24, 2.45) is 0 Å². The Morgan fingerprint density at radius 3 is 2.27 bits per heavy atom. The topological polar surface area (TPSA) is 69.6 Å². The molecule has 0 saturated carbocycles. The summed E-state index contributed by atoms with van der Waals surface area (Å²) in [4.78, 5) is 13.2. The minimum Gasteiger partial charge on any atom is -0.615 e.